The van der Waals surface area contributed by atoms with Crippen LogP contribution in [0.1, 0.15) is 30.3 Å². The van der Waals surface area contributed by atoms with Crippen molar-refractivity contribution >= 4 is 0 Å². The predicted octanol–water partition coefficient (Wildman–Crippen LogP) is 0.623. The van der Waals surface area contributed by atoms with Crippen molar-refractivity contribution in [3.63, 3.8) is 0 Å². The quantitative estimate of drug-likeness (QED) is 0.829. The summed E-state index contributed by atoms with van der Waals surface area (Å²) in [6, 6.07) is 0. The van der Waals surface area contributed by atoms with Crippen molar-refractivity contribution < 1.29 is 0 Å². The molecule has 2 aromatic heterocycles. The standard InChI is InChI=1S/C15H23N7/c1-19-7-4-16-13(19)10-21-8-9-22-14(17-18-15(22)12-21)11-20-5-2-3-6-20/h4,7H,2-3,5-6,8-12H2,1H3. The van der Waals surface area contributed by atoms with Crippen LogP contribution >= 0.6 is 0 Å². The molecule has 2 aliphatic heterocycles. The molecule has 4 heterocycles. The first-order valence-corrected chi connectivity index (χ1v) is 8.11. The van der Waals surface area contributed by atoms with Crippen LogP contribution in [0.4, 0.5) is 0 Å². The van der Waals surface area contributed by atoms with E-state index in [4.69, 9.17) is 0 Å². The van der Waals surface area contributed by atoms with Gasteiger partial charge in [-0.15, -0.1) is 10.2 Å². The molecular weight excluding hydrogens is 278 g/mol. The number of imidazole rings is 1. The summed E-state index contributed by atoms with van der Waals surface area (Å²) >= 11 is 0. The molecule has 0 bridgehead atoms. The third-order valence-corrected chi connectivity index (χ3v) is 4.76. The van der Waals surface area contributed by atoms with Crippen molar-refractivity contribution in [3.8, 4) is 0 Å². The minimum absolute atomic E-state index is 0.861. The minimum Gasteiger partial charge on any atom is -0.337 e. The number of nitrogens with zero attached hydrogens (tertiary/aromatic N) is 7. The molecule has 0 radical (unpaired) electrons. The fourth-order valence-corrected chi connectivity index (χ4v) is 3.41. The largest absolute Gasteiger partial charge is 0.337 e. The Morgan fingerprint density at radius 2 is 1.77 bits per heavy atom. The maximum atomic E-state index is 4.43. The molecular formula is C15H23N7. The van der Waals surface area contributed by atoms with Crippen LogP contribution in [0.3, 0.4) is 0 Å². The van der Waals surface area contributed by atoms with Crippen molar-refractivity contribution in [2.75, 3.05) is 19.6 Å². The first-order chi connectivity index (χ1) is 10.8. The summed E-state index contributed by atoms with van der Waals surface area (Å²) < 4.78 is 4.39. The molecule has 0 unspecified atom stereocenters. The van der Waals surface area contributed by atoms with Crippen molar-refractivity contribution in [2.45, 2.75) is 39.0 Å². The van der Waals surface area contributed by atoms with Crippen molar-refractivity contribution in [2.24, 2.45) is 7.05 Å². The molecule has 2 aromatic rings. The smallest absolute Gasteiger partial charge is 0.147 e. The highest BCUT2D eigenvalue weighted by atomic mass is 15.4. The van der Waals surface area contributed by atoms with Crippen LogP contribution in [-0.2, 0) is 33.2 Å². The van der Waals surface area contributed by atoms with E-state index in [1.807, 2.05) is 19.4 Å². The Kier molecular flexibility index (Phi) is 3.67. The fourth-order valence-electron chi connectivity index (χ4n) is 3.41. The molecule has 0 spiro atoms. The number of hydrogen-bond donors (Lipinski definition) is 0. The van der Waals surface area contributed by atoms with Gasteiger partial charge >= 0.3 is 0 Å². The summed E-state index contributed by atoms with van der Waals surface area (Å²) in [5, 5.41) is 8.85. The molecule has 4 rings (SSSR count). The maximum Gasteiger partial charge on any atom is 0.147 e. The molecule has 0 atom stereocenters. The zero-order valence-electron chi connectivity index (χ0n) is 13.1. The van der Waals surface area contributed by atoms with Gasteiger partial charge in [-0.2, -0.15) is 0 Å². The number of likely N-dealkylation sites (tertiary alicyclic amines) is 1. The van der Waals surface area contributed by atoms with Crippen LogP contribution < -0.4 is 0 Å². The number of fused-ring (bicyclic) bond motifs is 1. The zero-order valence-corrected chi connectivity index (χ0v) is 13.1. The van der Waals surface area contributed by atoms with Gasteiger partial charge in [0.25, 0.3) is 0 Å². The van der Waals surface area contributed by atoms with E-state index >= 15 is 0 Å². The van der Waals surface area contributed by atoms with Gasteiger partial charge in [-0.3, -0.25) is 9.80 Å². The fraction of sp³-hybridized carbons (Fsp3) is 0.667. The monoisotopic (exact) mass is 301 g/mol. The molecule has 0 N–H and O–H groups in total. The van der Waals surface area contributed by atoms with E-state index in [9.17, 15) is 0 Å². The van der Waals surface area contributed by atoms with Crippen LogP contribution in [0, 0.1) is 0 Å². The molecule has 0 saturated carbocycles. The van der Waals surface area contributed by atoms with Crippen molar-refractivity contribution in [1.29, 1.82) is 0 Å². The Hall–Kier alpha value is -1.73. The molecule has 7 heteroatoms. The number of rotatable bonds is 4. The number of hydrogen-bond acceptors (Lipinski definition) is 5. The molecule has 22 heavy (non-hydrogen) atoms. The molecule has 0 aromatic carbocycles. The predicted molar refractivity (Wildman–Crippen MR) is 81.9 cm³/mol. The summed E-state index contributed by atoms with van der Waals surface area (Å²) in [5.74, 6) is 3.33. The topological polar surface area (TPSA) is 55.0 Å². The number of aryl methyl sites for hydroxylation is 1. The van der Waals surface area contributed by atoms with Gasteiger partial charge in [0.05, 0.1) is 19.6 Å². The minimum atomic E-state index is 0.861. The number of aromatic nitrogens is 5. The van der Waals surface area contributed by atoms with Gasteiger partial charge in [-0.05, 0) is 25.9 Å². The van der Waals surface area contributed by atoms with E-state index in [0.717, 1.165) is 50.2 Å². The van der Waals surface area contributed by atoms with E-state index in [-0.39, 0.29) is 0 Å². The van der Waals surface area contributed by atoms with Crippen LogP contribution in [0.15, 0.2) is 12.4 Å². The first-order valence-electron chi connectivity index (χ1n) is 8.11. The highest BCUT2D eigenvalue weighted by Gasteiger charge is 2.23. The maximum absolute atomic E-state index is 4.43. The summed E-state index contributed by atoms with van der Waals surface area (Å²) in [6.07, 6.45) is 6.49. The first kappa shape index (κ1) is 13.9. The summed E-state index contributed by atoms with van der Waals surface area (Å²) in [7, 11) is 2.04. The summed E-state index contributed by atoms with van der Waals surface area (Å²) in [4.78, 5) is 9.29. The van der Waals surface area contributed by atoms with Gasteiger partial charge in [0.1, 0.15) is 17.5 Å². The second-order valence-corrected chi connectivity index (χ2v) is 6.33. The highest BCUT2D eigenvalue weighted by Crippen LogP contribution is 2.17. The molecule has 1 fully saturated rings. The van der Waals surface area contributed by atoms with Gasteiger partial charge < -0.3 is 9.13 Å². The van der Waals surface area contributed by atoms with Crippen LogP contribution in [-0.4, -0.2) is 53.7 Å². The van der Waals surface area contributed by atoms with Crippen LogP contribution in [0.25, 0.3) is 0 Å². The summed E-state index contributed by atoms with van der Waals surface area (Å²) in [6.45, 7) is 7.10. The lowest BCUT2D eigenvalue weighted by atomic mass is 10.3. The van der Waals surface area contributed by atoms with E-state index in [2.05, 4.69) is 34.1 Å². The molecule has 0 amide bonds. The van der Waals surface area contributed by atoms with Gasteiger partial charge in [0, 0.05) is 32.5 Å². The van der Waals surface area contributed by atoms with Crippen molar-refractivity contribution in [3.05, 3.63) is 29.9 Å². The second-order valence-electron chi connectivity index (χ2n) is 6.33. The Bertz CT molecular complexity index is 638. The molecule has 7 nitrogen and oxygen atoms in total. The normalized spacial score (nSPS) is 19.7. The highest BCUT2D eigenvalue weighted by molar-refractivity contribution is 5.01. The molecule has 1 saturated heterocycles. The Morgan fingerprint density at radius 3 is 2.55 bits per heavy atom. The Balaban J connectivity index is 1.43. The van der Waals surface area contributed by atoms with E-state index in [0.29, 0.717) is 0 Å². The lowest BCUT2D eigenvalue weighted by Crippen LogP contribution is -2.35. The lowest BCUT2D eigenvalue weighted by Gasteiger charge is -2.27. The summed E-state index contributed by atoms with van der Waals surface area (Å²) in [5.41, 5.74) is 0. The Morgan fingerprint density at radius 1 is 0.955 bits per heavy atom. The lowest BCUT2D eigenvalue weighted by molar-refractivity contribution is 0.198. The average molecular weight is 301 g/mol. The SMILES string of the molecule is Cn1ccnc1CN1CCn2c(CN3CCCC3)nnc2C1. The molecule has 118 valence electrons. The Labute approximate surface area is 130 Å². The van der Waals surface area contributed by atoms with E-state index in [1.165, 1.54) is 25.9 Å². The van der Waals surface area contributed by atoms with E-state index in [1.54, 1.807) is 0 Å². The van der Waals surface area contributed by atoms with Gasteiger partial charge in [-0.1, -0.05) is 0 Å². The van der Waals surface area contributed by atoms with E-state index < -0.39 is 0 Å². The third kappa shape index (κ3) is 2.66. The molecule has 0 aliphatic carbocycles. The average Bonchev–Trinajstić information content (AvgIpc) is 3.24. The molecule has 2 aliphatic rings. The zero-order chi connectivity index (χ0) is 14.9. The van der Waals surface area contributed by atoms with Crippen molar-refractivity contribution in [1.82, 2.24) is 34.1 Å². The van der Waals surface area contributed by atoms with Gasteiger partial charge in [-0.25, -0.2) is 4.98 Å². The van der Waals surface area contributed by atoms with Crippen LogP contribution in [0.5, 0.6) is 0 Å². The second kappa shape index (κ2) is 5.81. The third-order valence-electron chi connectivity index (χ3n) is 4.76. The van der Waals surface area contributed by atoms with Crippen LogP contribution in [0.2, 0.25) is 0 Å². The van der Waals surface area contributed by atoms with Gasteiger partial charge in [0.2, 0.25) is 0 Å². The van der Waals surface area contributed by atoms with Gasteiger partial charge in [0.15, 0.2) is 0 Å².